The first-order valence-corrected chi connectivity index (χ1v) is 14.3. The zero-order chi connectivity index (χ0) is 29.7. The molecule has 12 heteroatoms. The van der Waals surface area contributed by atoms with Crippen LogP contribution in [0.5, 0.6) is 5.75 Å². The molecule has 2 heterocycles. The standard InChI is InChI=1S/C30H30F3N5O3S/c1-19-15-21(17-22(16-19)37-28-35-12-9-25(38-28)30(31,32)33)24-18-36-27(42-24)29(40)10-7-20(8-11-29)26(39)34-13-14-41-23-5-3-2-4-6-23/h2-6,9,12,15-18,20,40H,7-8,10-11,13-14H2,1H3,(H,34,39)(H,35,37,38). The Balaban J connectivity index is 1.18. The van der Waals surface area contributed by atoms with Crippen LogP contribution in [0.15, 0.2) is 67.0 Å². The zero-order valence-corrected chi connectivity index (χ0v) is 23.6. The van der Waals surface area contributed by atoms with Crippen molar-refractivity contribution >= 4 is 28.9 Å². The monoisotopic (exact) mass is 597 g/mol. The van der Waals surface area contributed by atoms with Crippen molar-refractivity contribution in [1.29, 1.82) is 0 Å². The van der Waals surface area contributed by atoms with Gasteiger partial charge >= 0.3 is 6.18 Å². The number of rotatable bonds is 9. The lowest BCUT2D eigenvalue weighted by Gasteiger charge is -2.33. The van der Waals surface area contributed by atoms with E-state index in [0.717, 1.165) is 34.0 Å². The summed E-state index contributed by atoms with van der Waals surface area (Å²) in [7, 11) is 0. The third-order valence-electron chi connectivity index (χ3n) is 7.06. The third kappa shape index (κ3) is 7.24. The maximum absolute atomic E-state index is 13.1. The van der Waals surface area contributed by atoms with Crippen LogP contribution in [0.2, 0.25) is 0 Å². The lowest BCUT2D eigenvalue weighted by Crippen LogP contribution is -2.39. The molecule has 0 spiro atoms. The van der Waals surface area contributed by atoms with Crippen LogP contribution in [0.4, 0.5) is 24.8 Å². The zero-order valence-electron chi connectivity index (χ0n) is 22.8. The highest BCUT2D eigenvalue weighted by Gasteiger charge is 2.39. The van der Waals surface area contributed by atoms with Gasteiger partial charge in [0.25, 0.3) is 0 Å². The first-order chi connectivity index (χ1) is 20.1. The average Bonchev–Trinajstić information content (AvgIpc) is 3.47. The van der Waals surface area contributed by atoms with E-state index in [4.69, 9.17) is 4.74 Å². The molecule has 8 nitrogen and oxygen atoms in total. The number of amides is 1. The third-order valence-corrected chi connectivity index (χ3v) is 8.30. The summed E-state index contributed by atoms with van der Waals surface area (Å²) in [5.74, 6) is 0.355. The van der Waals surface area contributed by atoms with Crippen molar-refractivity contribution in [3.8, 4) is 16.2 Å². The van der Waals surface area contributed by atoms with Crippen LogP contribution in [0.3, 0.4) is 0 Å². The number of aliphatic hydroxyl groups is 1. The summed E-state index contributed by atoms with van der Waals surface area (Å²) in [4.78, 5) is 25.5. The topological polar surface area (TPSA) is 109 Å². The van der Waals surface area contributed by atoms with E-state index < -0.39 is 17.5 Å². The van der Waals surface area contributed by atoms with Crippen LogP contribution in [-0.4, -0.2) is 39.1 Å². The van der Waals surface area contributed by atoms with Crippen molar-refractivity contribution in [2.24, 2.45) is 5.92 Å². The van der Waals surface area contributed by atoms with Gasteiger partial charge in [-0.2, -0.15) is 13.2 Å². The molecule has 0 unspecified atom stereocenters. The summed E-state index contributed by atoms with van der Waals surface area (Å²) < 4.78 is 44.8. The minimum Gasteiger partial charge on any atom is -0.492 e. The molecule has 3 N–H and O–H groups in total. The Labute approximate surface area is 245 Å². The van der Waals surface area contributed by atoms with Crippen LogP contribution < -0.4 is 15.4 Å². The normalized spacial score (nSPS) is 18.8. The van der Waals surface area contributed by atoms with Gasteiger partial charge in [0.2, 0.25) is 11.9 Å². The number of aromatic nitrogens is 3. The largest absolute Gasteiger partial charge is 0.492 e. The van der Waals surface area contributed by atoms with E-state index in [1.165, 1.54) is 11.3 Å². The molecule has 0 radical (unpaired) electrons. The van der Waals surface area contributed by atoms with Crippen LogP contribution in [0.1, 0.15) is 41.9 Å². The van der Waals surface area contributed by atoms with Crippen molar-refractivity contribution in [3.63, 3.8) is 0 Å². The van der Waals surface area contributed by atoms with E-state index in [2.05, 4.69) is 25.6 Å². The molecule has 2 aromatic heterocycles. The van der Waals surface area contributed by atoms with Gasteiger partial charge in [-0.25, -0.2) is 15.0 Å². The van der Waals surface area contributed by atoms with E-state index in [1.807, 2.05) is 43.3 Å². The molecule has 0 saturated heterocycles. The van der Waals surface area contributed by atoms with E-state index in [0.29, 0.717) is 49.5 Å². The second-order valence-electron chi connectivity index (χ2n) is 10.3. The minimum absolute atomic E-state index is 0.0434. The molecule has 1 fully saturated rings. The number of aryl methyl sites for hydroxylation is 1. The molecule has 1 saturated carbocycles. The maximum Gasteiger partial charge on any atom is 0.433 e. The average molecular weight is 598 g/mol. The Morgan fingerprint density at radius 1 is 1.12 bits per heavy atom. The molecule has 220 valence electrons. The molecule has 1 aliphatic rings. The first kappa shape index (κ1) is 29.5. The number of hydrogen-bond donors (Lipinski definition) is 3. The van der Waals surface area contributed by atoms with Gasteiger partial charge in [-0.15, -0.1) is 11.3 Å². The Morgan fingerprint density at radius 2 is 1.88 bits per heavy atom. The number of carbonyl (C=O) groups excluding carboxylic acids is 1. The number of halogens is 3. The van der Waals surface area contributed by atoms with Gasteiger partial charge in [0.15, 0.2) is 0 Å². The van der Waals surface area contributed by atoms with E-state index in [9.17, 15) is 23.1 Å². The number of nitrogens with one attached hydrogen (secondary N) is 2. The SMILES string of the molecule is Cc1cc(Nc2nccc(C(F)(F)F)n2)cc(-c2cnc(C3(O)CCC(C(=O)NCCOc4ccccc4)CC3)s2)c1. The van der Waals surface area contributed by atoms with E-state index >= 15 is 0 Å². The molecule has 1 aliphatic carbocycles. The quantitative estimate of drug-likeness (QED) is 0.196. The summed E-state index contributed by atoms with van der Waals surface area (Å²) >= 11 is 1.36. The number of hydrogen-bond acceptors (Lipinski definition) is 8. The van der Waals surface area contributed by atoms with Gasteiger partial charge in [-0.05, 0) is 74.1 Å². The predicted octanol–water partition coefficient (Wildman–Crippen LogP) is 6.24. The predicted molar refractivity (Wildman–Crippen MR) is 153 cm³/mol. The van der Waals surface area contributed by atoms with Gasteiger partial charge in [-0.3, -0.25) is 4.79 Å². The molecule has 1 amide bonds. The number of para-hydroxylation sites is 1. The number of carbonyl (C=O) groups is 1. The van der Waals surface area contributed by atoms with E-state index in [-0.39, 0.29) is 17.8 Å². The van der Waals surface area contributed by atoms with Crippen LogP contribution in [0.25, 0.3) is 10.4 Å². The lowest BCUT2D eigenvalue weighted by molar-refractivity contribution is -0.141. The molecule has 0 bridgehead atoms. The number of anilines is 2. The minimum atomic E-state index is -4.57. The number of alkyl halides is 3. The number of ether oxygens (including phenoxy) is 1. The number of benzene rings is 2. The van der Waals surface area contributed by atoms with E-state index in [1.54, 1.807) is 18.3 Å². The molecule has 0 aliphatic heterocycles. The smallest absolute Gasteiger partial charge is 0.433 e. The first-order valence-electron chi connectivity index (χ1n) is 13.5. The highest BCUT2D eigenvalue weighted by molar-refractivity contribution is 7.15. The van der Waals surface area contributed by atoms with Crippen molar-refractivity contribution in [3.05, 3.63) is 83.3 Å². The van der Waals surface area contributed by atoms with Crippen LogP contribution >= 0.6 is 11.3 Å². The fourth-order valence-corrected chi connectivity index (χ4v) is 5.95. The maximum atomic E-state index is 13.1. The molecule has 42 heavy (non-hydrogen) atoms. The number of nitrogens with zero attached hydrogens (tertiary/aromatic N) is 3. The number of thiazole rings is 1. The highest BCUT2D eigenvalue weighted by atomic mass is 32.1. The van der Waals surface area contributed by atoms with Crippen molar-refractivity contribution < 1.29 is 27.8 Å². The molecular formula is C30H30F3N5O3S. The molecule has 5 rings (SSSR count). The summed E-state index contributed by atoms with van der Waals surface area (Å²) in [5, 5.41) is 17.8. The van der Waals surface area contributed by atoms with Gasteiger partial charge in [-0.1, -0.05) is 24.3 Å². The second kappa shape index (κ2) is 12.5. The van der Waals surface area contributed by atoms with Crippen molar-refractivity contribution in [2.45, 2.75) is 44.4 Å². The Kier molecular flexibility index (Phi) is 8.74. The Morgan fingerprint density at radius 3 is 2.62 bits per heavy atom. The summed E-state index contributed by atoms with van der Waals surface area (Å²) in [6, 6.07) is 15.7. The van der Waals surface area contributed by atoms with Gasteiger partial charge in [0.05, 0.1) is 11.4 Å². The van der Waals surface area contributed by atoms with Gasteiger partial charge in [0, 0.05) is 24.0 Å². The Bertz CT molecular complexity index is 1520. The molecule has 4 aromatic rings. The molecule has 2 aromatic carbocycles. The van der Waals surface area contributed by atoms with Crippen LogP contribution in [0, 0.1) is 12.8 Å². The molecule has 0 atom stereocenters. The van der Waals surface area contributed by atoms with Gasteiger partial charge in [0.1, 0.15) is 28.7 Å². The van der Waals surface area contributed by atoms with Crippen LogP contribution in [-0.2, 0) is 16.6 Å². The van der Waals surface area contributed by atoms with Crippen molar-refractivity contribution in [2.75, 3.05) is 18.5 Å². The van der Waals surface area contributed by atoms with Gasteiger partial charge < -0.3 is 20.5 Å². The Hall–Kier alpha value is -4.03. The second-order valence-corrected chi connectivity index (χ2v) is 11.3. The fourth-order valence-electron chi connectivity index (χ4n) is 4.90. The lowest BCUT2D eigenvalue weighted by atomic mass is 9.78. The summed E-state index contributed by atoms with van der Waals surface area (Å²) in [6.45, 7) is 2.65. The summed E-state index contributed by atoms with van der Waals surface area (Å²) in [5.41, 5.74) is 0.0301. The highest BCUT2D eigenvalue weighted by Crippen LogP contribution is 2.43. The fraction of sp³-hybridized carbons (Fsp3) is 0.333. The summed E-state index contributed by atoms with van der Waals surface area (Å²) in [6.07, 6.45) is 0.0558. The molecular weight excluding hydrogens is 567 g/mol. The van der Waals surface area contributed by atoms with Crippen molar-refractivity contribution in [1.82, 2.24) is 20.3 Å².